The zero-order valence-electron chi connectivity index (χ0n) is 10.5. The van der Waals surface area contributed by atoms with Crippen molar-refractivity contribution >= 4 is 5.97 Å². The SMILES string of the molecule is CCOC(=O)c1[nH]nc(-c2ccccc2)c1C(F)(F)F. The summed E-state index contributed by atoms with van der Waals surface area (Å²) in [5, 5.41) is 5.73. The largest absolute Gasteiger partial charge is 0.461 e. The number of H-pyrrole nitrogens is 1. The number of aromatic amines is 1. The highest BCUT2D eigenvalue weighted by Gasteiger charge is 2.41. The Morgan fingerprint density at radius 2 is 1.95 bits per heavy atom. The third-order valence-electron chi connectivity index (χ3n) is 2.58. The van der Waals surface area contributed by atoms with Crippen molar-refractivity contribution in [2.45, 2.75) is 13.1 Å². The number of esters is 1. The van der Waals surface area contributed by atoms with Crippen molar-refractivity contribution in [3.8, 4) is 11.3 Å². The van der Waals surface area contributed by atoms with Crippen LogP contribution in [0.1, 0.15) is 23.0 Å². The van der Waals surface area contributed by atoms with Crippen molar-refractivity contribution in [1.82, 2.24) is 10.2 Å². The van der Waals surface area contributed by atoms with E-state index in [9.17, 15) is 18.0 Å². The average Bonchev–Trinajstić information content (AvgIpc) is 2.84. The van der Waals surface area contributed by atoms with Gasteiger partial charge in [-0.3, -0.25) is 5.10 Å². The lowest BCUT2D eigenvalue weighted by Crippen LogP contribution is -2.14. The molecule has 0 aliphatic heterocycles. The number of halogens is 3. The fourth-order valence-corrected chi connectivity index (χ4v) is 1.77. The van der Waals surface area contributed by atoms with Crippen LogP contribution in [-0.4, -0.2) is 22.8 Å². The molecule has 0 atom stereocenters. The topological polar surface area (TPSA) is 55.0 Å². The molecule has 0 amide bonds. The van der Waals surface area contributed by atoms with Crippen LogP contribution in [0.3, 0.4) is 0 Å². The lowest BCUT2D eigenvalue weighted by Gasteiger charge is -2.09. The zero-order chi connectivity index (χ0) is 14.8. The van der Waals surface area contributed by atoms with Gasteiger partial charge in [0.25, 0.3) is 0 Å². The summed E-state index contributed by atoms with van der Waals surface area (Å²) in [6.07, 6.45) is -4.71. The van der Waals surface area contributed by atoms with Crippen LogP contribution in [-0.2, 0) is 10.9 Å². The monoisotopic (exact) mass is 284 g/mol. The van der Waals surface area contributed by atoms with Crippen LogP contribution < -0.4 is 0 Å². The van der Waals surface area contributed by atoms with Crippen LogP contribution in [0.15, 0.2) is 30.3 Å². The van der Waals surface area contributed by atoms with Crippen molar-refractivity contribution in [3.05, 3.63) is 41.6 Å². The van der Waals surface area contributed by atoms with Crippen LogP contribution in [0, 0.1) is 0 Å². The number of hydrogen-bond acceptors (Lipinski definition) is 3. The van der Waals surface area contributed by atoms with Gasteiger partial charge in [-0.15, -0.1) is 0 Å². The number of alkyl halides is 3. The van der Waals surface area contributed by atoms with E-state index < -0.39 is 23.4 Å². The maximum atomic E-state index is 13.2. The molecule has 7 heteroatoms. The fraction of sp³-hybridized carbons (Fsp3) is 0.231. The second-order valence-electron chi connectivity index (χ2n) is 3.91. The molecular weight excluding hydrogens is 273 g/mol. The Kier molecular flexibility index (Phi) is 3.78. The first-order chi connectivity index (χ1) is 9.45. The minimum Gasteiger partial charge on any atom is -0.461 e. The van der Waals surface area contributed by atoms with Crippen LogP contribution in [0.25, 0.3) is 11.3 Å². The molecule has 0 bridgehead atoms. The van der Waals surface area contributed by atoms with Gasteiger partial charge in [-0.05, 0) is 6.92 Å². The van der Waals surface area contributed by atoms with E-state index in [0.717, 1.165) is 0 Å². The Bertz CT molecular complexity index is 606. The number of carbonyl (C=O) groups is 1. The number of carbonyl (C=O) groups excluding carboxylic acids is 1. The smallest absolute Gasteiger partial charge is 0.420 e. The van der Waals surface area contributed by atoms with E-state index in [0.29, 0.717) is 0 Å². The number of ether oxygens (including phenoxy) is 1. The molecular formula is C13H11F3N2O2. The summed E-state index contributed by atoms with van der Waals surface area (Å²) in [5.41, 5.74) is -1.84. The molecule has 4 nitrogen and oxygen atoms in total. The average molecular weight is 284 g/mol. The Morgan fingerprint density at radius 3 is 2.50 bits per heavy atom. The van der Waals surface area contributed by atoms with Crippen molar-refractivity contribution in [2.75, 3.05) is 6.61 Å². The standard InChI is InChI=1S/C13H11F3N2O2/c1-2-20-12(19)11-9(13(14,15)16)10(17-18-11)8-6-4-3-5-7-8/h3-7H,2H2,1H3,(H,17,18). The van der Waals surface area contributed by atoms with E-state index in [-0.39, 0.29) is 17.9 Å². The van der Waals surface area contributed by atoms with E-state index in [1.54, 1.807) is 18.2 Å². The van der Waals surface area contributed by atoms with Gasteiger partial charge in [0.2, 0.25) is 0 Å². The Labute approximate surface area is 112 Å². The highest BCUT2D eigenvalue weighted by molar-refractivity contribution is 5.91. The first-order valence-electron chi connectivity index (χ1n) is 5.83. The molecule has 0 aliphatic carbocycles. The number of aromatic nitrogens is 2. The van der Waals surface area contributed by atoms with E-state index >= 15 is 0 Å². The molecule has 0 fully saturated rings. The van der Waals surface area contributed by atoms with Gasteiger partial charge in [0.1, 0.15) is 11.3 Å². The summed E-state index contributed by atoms with van der Waals surface area (Å²) < 4.78 is 44.1. The lowest BCUT2D eigenvalue weighted by atomic mass is 10.1. The van der Waals surface area contributed by atoms with E-state index in [4.69, 9.17) is 0 Å². The summed E-state index contributed by atoms with van der Waals surface area (Å²) in [5.74, 6) is -1.07. The van der Waals surface area contributed by atoms with Gasteiger partial charge in [0, 0.05) is 5.56 Å². The van der Waals surface area contributed by atoms with Crippen molar-refractivity contribution < 1.29 is 22.7 Å². The molecule has 1 heterocycles. The quantitative estimate of drug-likeness (QED) is 0.880. The summed E-state index contributed by atoms with van der Waals surface area (Å²) in [7, 11) is 0. The third-order valence-corrected chi connectivity index (χ3v) is 2.58. The molecule has 2 aromatic rings. The fourth-order valence-electron chi connectivity index (χ4n) is 1.77. The van der Waals surface area contributed by atoms with Crippen molar-refractivity contribution in [2.24, 2.45) is 0 Å². The predicted molar refractivity (Wildman–Crippen MR) is 65.0 cm³/mol. The van der Waals surface area contributed by atoms with Crippen molar-refractivity contribution in [1.29, 1.82) is 0 Å². The van der Waals surface area contributed by atoms with Crippen LogP contribution in [0.5, 0.6) is 0 Å². The second-order valence-corrected chi connectivity index (χ2v) is 3.91. The van der Waals surface area contributed by atoms with E-state index in [2.05, 4.69) is 14.9 Å². The van der Waals surface area contributed by atoms with Crippen LogP contribution >= 0.6 is 0 Å². The molecule has 0 spiro atoms. The number of nitrogens with one attached hydrogen (secondary N) is 1. The van der Waals surface area contributed by atoms with Crippen molar-refractivity contribution in [3.63, 3.8) is 0 Å². The molecule has 1 N–H and O–H groups in total. The highest BCUT2D eigenvalue weighted by Crippen LogP contribution is 2.38. The molecule has 1 aromatic carbocycles. The number of rotatable bonds is 3. The Hall–Kier alpha value is -2.31. The molecule has 1 aromatic heterocycles. The normalized spacial score (nSPS) is 11.4. The van der Waals surface area contributed by atoms with Gasteiger partial charge in [0.15, 0.2) is 5.69 Å². The first-order valence-corrected chi connectivity index (χ1v) is 5.83. The maximum Gasteiger partial charge on any atom is 0.420 e. The predicted octanol–water partition coefficient (Wildman–Crippen LogP) is 3.27. The Morgan fingerprint density at radius 1 is 1.30 bits per heavy atom. The molecule has 0 radical (unpaired) electrons. The van der Waals surface area contributed by atoms with E-state index in [1.807, 2.05) is 0 Å². The zero-order valence-corrected chi connectivity index (χ0v) is 10.5. The summed E-state index contributed by atoms with van der Waals surface area (Å²) in [4.78, 5) is 11.6. The van der Waals surface area contributed by atoms with Crippen LogP contribution in [0.4, 0.5) is 13.2 Å². The van der Waals surface area contributed by atoms with Gasteiger partial charge >= 0.3 is 12.1 Å². The van der Waals surface area contributed by atoms with Crippen LogP contribution in [0.2, 0.25) is 0 Å². The maximum absolute atomic E-state index is 13.2. The number of nitrogens with zero attached hydrogens (tertiary/aromatic N) is 1. The summed E-state index contributed by atoms with van der Waals surface area (Å²) >= 11 is 0. The molecule has 2 rings (SSSR count). The third kappa shape index (κ3) is 2.66. The molecule has 0 saturated heterocycles. The minimum atomic E-state index is -4.71. The van der Waals surface area contributed by atoms with Gasteiger partial charge in [0.05, 0.1) is 6.61 Å². The lowest BCUT2D eigenvalue weighted by molar-refractivity contribution is -0.137. The molecule has 20 heavy (non-hydrogen) atoms. The summed E-state index contributed by atoms with van der Waals surface area (Å²) in [6.45, 7) is 1.50. The first kappa shape index (κ1) is 14.1. The summed E-state index contributed by atoms with van der Waals surface area (Å²) in [6, 6.07) is 7.83. The van der Waals surface area contributed by atoms with Gasteiger partial charge in [-0.2, -0.15) is 18.3 Å². The highest BCUT2D eigenvalue weighted by atomic mass is 19.4. The molecule has 0 saturated carbocycles. The molecule has 0 unspecified atom stereocenters. The van der Waals surface area contributed by atoms with Gasteiger partial charge < -0.3 is 4.74 Å². The molecule has 106 valence electrons. The minimum absolute atomic E-state index is 0.0180. The van der Waals surface area contributed by atoms with Gasteiger partial charge in [-0.25, -0.2) is 4.79 Å². The second kappa shape index (κ2) is 5.36. The van der Waals surface area contributed by atoms with Gasteiger partial charge in [-0.1, -0.05) is 30.3 Å². The Balaban J connectivity index is 2.57. The number of hydrogen-bond donors (Lipinski definition) is 1. The number of benzene rings is 1. The molecule has 0 aliphatic rings. The van der Waals surface area contributed by atoms with E-state index in [1.165, 1.54) is 19.1 Å².